The van der Waals surface area contributed by atoms with Crippen molar-refractivity contribution in [3.8, 4) is 0 Å². The molecule has 2 saturated heterocycles. The summed E-state index contributed by atoms with van der Waals surface area (Å²) in [5.41, 5.74) is 2.30. The number of piperazine rings is 1. The molecule has 12 heteroatoms. The number of nitrogens with zero attached hydrogens (tertiary/aromatic N) is 4. The average molecular weight is 550 g/mol. The van der Waals surface area contributed by atoms with Crippen molar-refractivity contribution < 1.29 is 14.5 Å². The van der Waals surface area contributed by atoms with Crippen LogP contribution in [0.5, 0.6) is 0 Å². The first-order valence-electron chi connectivity index (χ1n) is 11.4. The molecule has 36 heavy (non-hydrogen) atoms. The normalized spacial score (nSPS) is 16.3. The van der Waals surface area contributed by atoms with Gasteiger partial charge in [-0.2, -0.15) is 0 Å². The van der Waals surface area contributed by atoms with E-state index in [1.807, 2.05) is 15.9 Å². The van der Waals surface area contributed by atoms with E-state index >= 15 is 0 Å². The average Bonchev–Trinajstić information content (AvgIpc) is 2.88. The van der Waals surface area contributed by atoms with E-state index in [9.17, 15) is 14.9 Å². The van der Waals surface area contributed by atoms with Crippen molar-refractivity contribution in [3.63, 3.8) is 0 Å². The van der Waals surface area contributed by atoms with Crippen LogP contribution >= 0.6 is 35.4 Å². The van der Waals surface area contributed by atoms with Crippen molar-refractivity contribution >= 4 is 69.6 Å². The number of amides is 1. The van der Waals surface area contributed by atoms with Crippen LogP contribution in [0.2, 0.25) is 10.0 Å². The zero-order chi connectivity index (χ0) is 25.7. The number of carbonyl (C=O) groups is 1. The van der Waals surface area contributed by atoms with Crippen LogP contribution in [0.1, 0.15) is 5.56 Å². The van der Waals surface area contributed by atoms with Gasteiger partial charge >= 0.3 is 0 Å². The van der Waals surface area contributed by atoms with E-state index < -0.39 is 0 Å². The molecule has 2 aromatic carbocycles. The fourth-order valence-corrected chi connectivity index (χ4v) is 4.87. The van der Waals surface area contributed by atoms with Gasteiger partial charge in [0.05, 0.1) is 18.1 Å². The third kappa shape index (κ3) is 6.44. The summed E-state index contributed by atoms with van der Waals surface area (Å²) in [6, 6.07) is 10.3. The number of nitro benzene ring substituents is 1. The quantitative estimate of drug-likeness (QED) is 0.259. The molecular formula is C24H25Cl2N5O4S. The summed E-state index contributed by atoms with van der Waals surface area (Å²) < 4.78 is 5.39. The predicted molar refractivity (Wildman–Crippen MR) is 146 cm³/mol. The molecule has 0 aliphatic carbocycles. The predicted octanol–water partition coefficient (Wildman–Crippen LogP) is 3.97. The smallest absolute Gasteiger partial charge is 0.292 e. The third-order valence-electron chi connectivity index (χ3n) is 6.05. The molecule has 2 aromatic rings. The van der Waals surface area contributed by atoms with Gasteiger partial charge in [-0.05, 0) is 48.1 Å². The Kier molecular flexibility index (Phi) is 8.63. The minimum Gasteiger partial charge on any atom is -0.378 e. The maximum Gasteiger partial charge on any atom is 0.292 e. The Morgan fingerprint density at radius 3 is 2.42 bits per heavy atom. The zero-order valence-corrected chi connectivity index (χ0v) is 21.7. The number of nitrogens with one attached hydrogen (secondary N) is 1. The van der Waals surface area contributed by atoms with Crippen molar-refractivity contribution in [2.75, 3.05) is 62.3 Å². The molecule has 1 N–H and O–H groups in total. The first-order valence-corrected chi connectivity index (χ1v) is 12.6. The number of carbonyl (C=O) groups excluding carboxylic acids is 1. The van der Waals surface area contributed by atoms with Gasteiger partial charge in [0.2, 0.25) is 5.91 Å². The SMILES string of the molecule is O=C(C=Cc1ccc(Cl)cc1Cl)NC(=S)N1CCN(c2ccc([N+](=O)[O-])c(N3CCOCC3)c2)CC1. The topological polar surface area (TPSA) is 91.2 Å². The second kappa shape index (κ2) is 11.9. The number of ether oxygens (including phenoxy) is 1. The highest BCUT2D eigenvalue weighted by Gasteiger charge is 2.25. The van der Waals surface area contributed by atoms with Crippen LogP contribution in [-0.2, 0) is 9.53 Å². The first kappa shape index (κ1) is 26.2. The fraction of sp³-hybridized carbons (Fsp3) is 0.333. The standard InChI is InChI=1S/C24H25Cl2N5O4S/c25-18-3-1-17(20(26)15-18)2-6-23(32)27-24(36)30-9-7-28(8-10-30)19-4-5-21(31(33)34)22(16-19)29-11-13-35-14-12-29/h1-6,15-16H,7-14H2,(H,27,32,36). The summed E-state index contributed by atoms with van der Waals surface area (Å²) in [7, 11) is 0. The highest BCUT2D eigenvalue weighted by Crippen LogP contribution is 2.33. The number of morpholine rings is 1. The number of hydrogen-bond donors (Lipinski definition) is 1. The minimum atomic E-state index is -0.348. The number of rotatable bonds is 5. The molecule has 1 amide bonds. The molecular weight excluding hydrogens is 525 g/mol. The van der Waals surface area contributed by atoms with Crippen molar-refractivity contribution in [1.29, 1.82) is 0 Å². The number of benzene rings is 2. The summed E-state index contributed by atoms with van der Waals surface area (Å²) in [5.74, 6) is -0.348. The van der Waals surface area contributed by atoms with E-state index in [1.54, 1.807) is 36.4 Å². The summed E-state index contributed by atoms with van der Waals surface area (Å²) in [4.78, 5) is 29.7. The summed E-state index contributed by atoms with van der Waals surface area (Å²) in [6.07, 6.45) is 2.98. The molecule has 0 saturated carbocycles. The van der Waals surface area contributed by atoms with Crippen LogP contribution in [-0.4, -0.2) is 73.3 Å². The van der Waals surface area contributed by atoms with Crippen LogP contribution < -0.4 is 15.1 Å². The van der Waals surface area contributed by atoms with Gasteiger partial charge in [0.15, 0.2) is 5.11 Å². The van der Waals surface area contributed by atoms with E-state index in [0.717, 1.165) is 5.69 Å². The van der Waals surface area contributed by atoms with E-state index in [0.29, 0.717) is 78.9 Å². The second-order valence-corrected chi connectivity index (χ2v) is 9.53. The number of halogens is 2. The van der Waals surface area contributed by atoms with Gasteiger partial charge in [-0.15, -0.1) is 0 Å². The molecule has 2 fully saturated rings. The van der Waals surface area contributed by atoms with Crippen molar-refractivity contribution in [2.24, 2.45) is 0 Å². The maximum absolute atomic E-state index is 12.3. The number of nitro groups is 1. The van der Waals surface area contributed by atoms with Gasteiger partial charge < -0.3 is 19.4 Å². The lowest BCUT2D eigenvalue weighted by atomic mass is 10.1. The number of hydrogen-bond acceptors (Lipinski definition) is 7. The Hall–Kier alpha value is -2.92. The molecule has 4 rings (SSSR count). The van der Waals surface area contributed by atoms with Gasteiger partial charge in [0.1, 0.15) is 5.69 Å². The summed E-state index contributed by atoms with van der Waals surface area (Å²) >= 11 is 17.5. The minimum absolute atomic E-state index is 0.0936. The molecule has 0 bridgehead atoms. The van der Waals surface area contributed by atoms with Crippen LogP contribution in [0.4, 0.5) is 17.1 Å². The van der Waals surface area contributed by atoms with E-state index in [1.165, 1.54) is 6.08 Å². The van der Waals surface area contributed by atoms with Crippen molar-refractivity contribution in [1.82, 2.24) is 10.2 Å². The van der Waals surface area contributed by atoms with Crippen molar-refractivity contribution in [2.45, 2.75) is 0 Å². The lowest BCUT2D eigenvalue weighted by molar-refractivity contribution is -0.384. The number of thiocarbonyl (C=S) groups is 1. The molecule has 0 spiro atoms. The Labute approximate surface area is 224 Å². The molecule has 190 valence electrons. The first-order chi connectivity index (χ1) is 17.3. The lowest BCUT2D eigenvalue weighted by Gasteiger charge is -2.37. The highest BCUT2D eigenvalue weighted by molar-refractivity contribution is 7.80. The maximum atomic E-state index is 12.3. The second-order valence-electron chi connectivity index (χ2n) is 8.30. The van der Waals surface area contributed by atoms with E-state index in [4.69, 9.17) is 40.2 Å². The van der Waals surface area contributed by atoms with Crippen molar-refractivity contribution in [3.05, 3.63) is 68.2 Å². The summed E-state index contributed by atoms with van der Waals surface area (Å²) in [6.45, 7) is 4.86. The van der Waals surface area contributed by atoms with Gasteiger partial charge in [0.25, 0.3) is 5.69 Å². The lowest BCUT2D eigenvalue weighted by Crippen LogP contribution is -2.52. The number of anilines is 2. The van der Waals surface area contributed by atoms with Crippen LogP contribution in [0.15, 0.2) is 42.5 Å². The highest BCUT2D eigenvalue weighted by atomic mass is 35.5. The third-order valence-corrected chi connectivity index (χ3v) is 6.97. The molecule has 0 unspecified atom stereocenters. The van der Waals surface area contributed by atoms with Gasteiger partial charge in [-0.3, -0.25) is 20.2 Å². The van der Waals surface area contributed by atoms with Gasteiger partial charge in [-0.25, -0.2) is 0 Å². The Morgan fingerprint density at radius 2 is 1.75 bits per heavy atom. The Morgan fingerprint density at radius 1 is 1.03 bits per heavy atom. The molecule has 9 nitrogen and oxygen atoms in total. The largest absolute Gasteiger partial charge is 0.378 e. The Bertz CT molecular complexity index is 1180. The zero-order valence-electron chi connectivity index (χ0n) is 19.4. The van der Waals surface area contributed by atoms with Gasteiger partial charge in [-0.1, -0.05) is 29.3 Å². The van der Waals surface area contributed by atoms with Gasteiger partial charge in [0, 0.05) is 67.1 Å². The van der Waals surface area contributed by atoms with E-state index in [2.05, 4.69) is 10.2 Å². The molecule has 2 aliphatic rings. The Balaban J connectivity index is 1.34. The van der Waals surface area contributed by atoms with Crippen LogP contribution in [0.25, 0.3) is 6.08 Å². The van der Waals surface area contributed by atoms with Crippen LogP contribution in [0, 0.1) is 10.1 Å². The van der Waals surface area contributed by atoms with Crippen LogP contribution in [0.3, 0.4) is 0 Å². The molecule has 2 heterocycles. The molecule has 0 radical (unpaired) electrons. The molecule has 0 atom stereocenters. The van der Waals surface area contributed by atoms with E-state index in [-0.39, 0.29) is 16.5 Å². The molecule has 0 aromatic heterocycles. The summed E-state index contributed by atoms with van der Waals surface area (Å²) in [5, 5.41) is 15.6. The fourth-order valence-electron chi connectivity index (χ4n) is 4.12. The molecule has 2 aliphatic heterocycles. The monoisotopic (exact) mass is 549 g/mol.